The van der Waals surface area contributed by atoms with Gasteiger partial charge in [-0.25, -0.2) is 14.3 Å². The molecule has 0 aromatic carbocycles. The van der Waals surface area contributed by atoms with Crippen LogP contribution >= 0.6 is 0 Å². The summed E-state index contributed by atoms with van der Waals surface area (Å²) in [4.78, 5) is 14.7. The Labute approximate surface area is 85.3 Å². The number of fused-ring (bicyclic) bond motifs is 1. The van der Waals surface area contributed by atoms with Crippen molar-refractivity contribution in [1.29, 1.82) is 0 Å². The Balaban J connectivity index is 2.61. The lowest BCUT2D eigenvalue weighted by molar-refractivity contribution is 0.0695. The van der Waals surface area contributed by atoms with Crippen LogP contribution in [0.2, 0.25) is 0 Å². The Morgan fingerprint density at radius 1 is 1.60 bits per heavy atom. The second-order valence-electron chi connectivity index (χ2n) is 3.30. The van der Waals surface area contributed by atoms with Gasteiger partial charge in [0.25, 0.3) is 0 Å². The van der Waals surface area contributed by atoms with Crippen molar-refractivity contribution in [2.75, 3.05) is 0 Å². The standard InChI is InChI=1S/C9H10N4O2/c1-5(10)7-3-12-13-4-6(9(14)15)2-11-8(7)13/h2-5H,10H2,1H3,(H,14,15). The molecule has 0 aliphatic heterocycles. The maximum absolute atomic E-state index is 10.7. The number of carboxylic acid groups (broad SMARTS) is 1. The van der Waals surface area contributed by atoms with Gasteiger partial charge in [-0.2, -0.15) is 5.10 Å². The molecular weight excluding hydrogens is 196 g/mol. The molecule has 0 amide bonds. The molecule has 0 bridgehead atoms. The van der Waals surface area contributed by atoms with Gasteiger partial charge in [-0.15, -0.1) is 0 Å². The monoisotopic (exact) mass is 206 g/mol. The summed E-state index contributed by atoms with van der Waals surface area (Å²) in [6.45, 7) is 1.82. The van der Waals surface area contributed by atoms with E-state index in [0.29, 0.717) is 5.65 Å². The maximum Gasteiger partial charge on any atom is 0.338 e. The zero-order valence-corrected chi connectivity index (χ0v) is 8.08. The van der Waals surface area contributed by atoms with Crippen molar-refractivity contribution >= 4 is 11.6 Å². The molecule has 0 fully saturated rings. The van der Waals surface area contributed by atoms with E-state index in [1.54, 1.807) is 6.20 Å². The summed E-state index contributed by atoms with van der Waals surface area (Å²) in [7, 11) is 0. The Hall–Kier alpha value is -1.95. The number of carboxylic acids is 1. The lowest BCUT2D eigenvalue weighted by Crippen LogP contribution is -2.06. The number of hydrogen-bond acceptors (Lipinski definition) is 4. The van der Waals surface area contributed by atoms with Gasteiger partial charge in [-0.1, -0.05) is 0 Å². The Morgan fingerprint density at radius 3 is 2.93 bits per heavy atom. The third-order valence-electron chi connectivity index (χ3n) is 2.12. The van der Waals surface area contributed by atoms with Crippen molar-refractivity contribution in [1.82, 2.24) is 14.6 Å². The first kappa shape index (κ1) is 9.60. The first-order valence-corrected chi connectivity index (χ1v) is 4.41. The third-order valence-corrected chi connectivity index (χ3v) is 2.12. The molecule has 0 saturated carbocycles. The number of aromatic nitrogens is 3. The lowest BCUT2D eigenvalue weighted by atomic mass is 10.2. The Bertz CT molecular complexity index is 518. The average molecular weight is 206 g/mol. The Kier molecular flexibility index (Phi) is 2.12. The minimum atomic E-state index is -1.03. The summed E-state index contributed by atoms with van der Waals surface area (Å²) in [5.41, 5.74) is 7.20. The van der Waals surface area contributed by atoms with Gasteiger partial charge < -0.3 is 10.8 Å². The second kappa shape index (κ2) is 3.32. The molecule has 0 aliphatic carbocycles. The fraction of sp³-hybridized carbons (Fsp3) is 0.222. The van der Waals surface area contributed by atoms with E-state index in [9.17, 15) is 4.79 Å². The van der Waals surface area contributed by atoms with Crippen molar-refractivity contribution < 1.29 is 9.90 Å². The molecule has 0 radical (unpaired) electrons. The molecule has 6 heteroatoms. The van der Waals surface area contributed by atoms with E-state index >= 15 is 0 Å². The van der Waals surface area contributed by atoms with E-state index in [2.05, 4.69) is 10.1 Å². The first-order valence-electron chi connectivity index (χ1n) is 4.41. The summed E-state index contributed by atoms with van der Waals surface area (Å²) in [5.74, 6) is -1.03. The number of hydrogen-bond donors (Lipinski definition) is 2. The molecule has 3 N–H and O–H groups in total. The number of aromatic carboxylic acids is 1. The van der Waals surface area contributed by atoms with E-state index < -0.39 is 5.97 Å². The minimum absolute atomic E-state index is 0.0989. The zero-order chi connectivity index (χ0) is 11.0. The fourth-order valence-corrected chi connectivity index (χ4v) is 1.32. The number of nitrogens with zero attached hydrogens (tertiary/aromatic N) is 3. The van der Waals surface area contributed by atoms with Crippen LogP contribution in [0.3, 0.4) is 0 Å². The van der Waals surface area contributed by atoms with Crippen molar-refractivity contribution in [3.63, 3.8) is 0 Å². The molecule has 0 saturated heterocycles. The van der Waals surface area contributed by atoms with Crippen molar-refractivity contribution in [3.8, 4) is 0 Å². The largest absolute Gasteiger partial charge is 0.478 e. The number of rotatable bonds is 2. The van der Waals surface area contributed by atoms with Crippen molar-refractivity contribution in [2.24, 2.45) is 5.73 Å². The fourth-order valence-electron chi connectivity index (χ4n) is 1.32. The molecule has 2 heterocycles. The zero-order valence-electron chi connectivity index (χ0n) is 8.08. The van der Waals surface area contributed by atoms with Crippen LogP contribution in [0.25, 0.3) is 5.65 Å². The van der Waals surface area contributed by atoms with E-state index in [0.717, 1.165) is 5.56 Å². The second-order valence-corrected chi connectivity index (χ2v) is 3.30. The van der Waals surface area contributed by atoms with Gasteiger partial charge in [0.2, 0.25) is 0 Å². The molecule has 2 aromatic heterocycles. The van der Waals surface area contributed by atoms with Crippen LogP contribution in [0.1, 0.15) is 28.9 Å². The van der Waals surface area contributed by atoms with Crippen molar-refractivity contribution in [3.05, 3.63) is 29.7 Å². The SMILES string of the molecule is CC(N)c1cnn2cc(C(=O)O)cnc12. The van der Waals surface area contributed by atoms with Crippen molar-refractivity contribution in [2.45, 2.75) is 13.0 Å². The van der Waals surface area contributed by atoms with E-state index in [1.165, 1.54) is 16.9 Å². The molecule has 78 valence electrons. The predicted molar refractivity (Wildman–Crippen MR) is 52.5 cm³/mol. The highest BCUT2D eigenvalue weighted by Crippen LogP contribution is 2.14. The van der Waals surface area contributed by atoms with Gasteiger partial charge in [-0.05, 0) is 6.92 Å². The molecule has 6 nitrogen and oxygen atoms in total. The molecule has 1 unspecified atom stereocenters. The lowest BCUT2D eigenvalue weighted by Gasteiger charge is -2.01. The van der Waals surface area contributed by atoms with Gasteiger partial charge in [0.05, 0.1) is 11.8 Å². The Morgan fingerprint density at radius 2 is 2.33 bits per heavy atom. The predicted octanol–water partition coefficient (Wildman–Crippen LogP) is 0.447. The van der Waals surface area contributed by atoms with Crippen LogP contribution in [-0.2, 0) is 0 Å². The summed E-state index contributed by atoms with van der Waals surface area (Å²) >= 11 is 0. The topological polar surface area (TPSA) is 93.5 Å². The van der Waals surface area contributed by atoms with Crippen LogP contribution in [0.4, 0.5) is 0 Å². The normalized spacial score (nSPS) is 12.9. The highest BCUT2D eigenvalue weighted by atomic mass is 16.4. The molecule has 2 rings (SSSR count). The maximum atomic E-state index is 10.7. The van der Waals surface area contributed by atoms with Gasteiger partial charge in [0, 0.05) is 24.0 Å². The molecule has 0 spiro atoms. The van der Waals surface area contributed by atoms with Gasteiger partial charge in [0.1, 0.15) is 0 Å². The average Bonchev–Trinajstić information content (AvgIpc) is 2.59. The molecular formula is C9H10N4O2. The molecule has 15 heavy (non-hydrogen) atoms. The third kappa shape index (κ3) is 1.55. The molecule has 2 aromatic rings. The summed E-state index contributed by atoms with van der Waals surface area (Å²) < 4.78 is 1.42. The summed E-state index contributed by atoms with van der Waals surface area (Å²) in [6.07, 6.45) is 4.31. The van der Waals surface area contributed by atoms with Crippen LogP contribution in [0.15, 0.2) is 18.6 Å². The van der Waals surface area contributed by atoms with Crippen LogP contribution in [-0.4, -0.2) is 25.7 Å². The minimum Gasteiger partial charge on any atom is -0.478 e. The van der Waals surface area contributed by atoms with E-state index in [4.69, 9.17) is 10.8 Å². The molecule has 1 atom stereocenters. The quantitative estimate of drug-likeness (QED) is 0.743. The highest BCUT2D eigenvalue weighted by Gasteiger charge is 2.11. The van der Waals surface area contributed by atoms with Crippen LogP contribution < -0.4 is 5.73 Å². The summed E-state index contributed by atoms with van der Waals surface area (Å²) in [5, 5.41) is 12.7. The first-order chi connectivity index (χ1) is 7.09. The van der Waals surface area contributed by atoms with E-state index in [1.807, 2.05) is 6.92 Å². The highest BCUT2D eigenvalue weighted by molar-refractivity contribution is 5.87. The van der Waals surface area contributed by atoms with Gasteiger partial charge in [-0.3, -0.25) is 0 Å². The smallest absolute Gasteiger partial charge is 0.338 e. The van der Waals surface area contributed by atoms with Crippen LogP contribution in [0, 0.1) is 0 Å². The molecule has 0 aliphatic rings. The summed E-state index contributed by atoms with van der Waals surface area (Å²) in [6, 6.07) is -0.175. The van der Waals surface area contributed by atoms with Crippen LogP contribution in [0.5, 0.6) is 0 Å². The van der Waals surface area contributed by atoms with E-state index in [-0.39, 0.29) is 11.6 Å². The number of nitrogens with two attached hydrogens (primary N) is 1. The number of carbonyl (C=O) groups is 1. The van der Waals surface area contributed by atoms with Gasteiger partial charge >= 0.3 is 5.97 Å². The van der Waals surface area contributed by atoms with Gasteiger partial charge in [0.15, 0.2) is 5.65 Å².